The smallest absolute Gasteiger partial charge is 0.340 e. The van der Waals surface area contributed by atoms with Crippen LogP contribution >= 0.6 is 0 Å². The predicted molar refractivity (Wildman–Crippen MR) is 96.8 cm³/mol. The van der Waals surface area contributed by atoms with Crippen molar-refractivity contribution in [3.63, 3.8) is 0 Å². The fraction of sp³-hybridized carbons (Fsp3) is 0.263. The molecule has 0 aliphatic heterocycles. The number of amides is 1. The largest absolute Gasteiger partial charge is 0.449 e. The van der Waals surface area contributed by atoms with Crippen molar-refractivity contribution in [2.75, 3.05) is 12.8 Å². The van der Waals surface area contributed by atoms with Gasteiger partial charge in [0.1, 0.15) is 5.82 Å². The van der Waals surface area contributed by atoms with Gasteiger partial charge in [0.2, 0.25) is 0 Å². The second-order valence-electron chi connectivity index (χ2n) is 5.67. The summed E-state index contributed by atoms with van der Waals surface area (Å²) in [7, 11) is -1.34. The van der Waals surface area contributed by atoms with Gasteiger partial charge in [-0.3, -0.25) is 9.00 Å². The van der Waals surface area contributed by atoms with Gasteiger partial charge in [-0.25, -0.2) is 9.18 Å². The molecular weight excluding hydrogens is 357 g/mol. The van der Waals surface area contributed by atoms with Crippen molar-refractivity contribution in [2.24, 2.45) is 0 Å². The van der Waals surface area contributed by atoms with Crippen LogP contribution in [0.2, 0.25) is 0 Å². The van der Waals surface area contributed by atoms with Gasteiger partial charge in [0.05, 0.1) is 21.3 Å². The SMILES string of the molecule is C[C@@H](OC(=O)c1ccccc1[S@](C)=O)C(=O)NCCc1ccc(F)cc1. The highest BCUT2D eigenvalue weighted by atomic mass is 32.2. The third kappa shape index (κ3) is 5.49. The first-order chi connectivity index (χ1) is 12.4. The second-order valence-corrected chi connectivity index (χ2v) is 7.01. The molecule has 0 aliphatic rings. The van der Waals surface area contributed by atoms with Crippen LogP contribution in [-0.2, 0) is 26.8 Å². The monoisotopic (exact) mass is 377 g/mol. The molecule has 0 bridgehead atoms. The molecule has 26 heavy (non-hydrogen) atoms. The summed E-state index contributed by atoms with van der Waals surface area (Å²) in [4.78, 5) is 24.7. The number of esters is 1. The summed E-state index contributed by atoms with van der Waals surface area (Å²) in [5, 5.41) is 2.67. The molecule has 5 nitrogen and oxygen atoms in total. The highest BCUT2D eigenvalue weighted by molar-refractivity contribution is 7.84. The zero-order chi connectivity index (χ0) is 19.1. The van der Waals surface area contributed by atoms with E-state index in [0.29, 0.717) is 17.9 Å². The van der Waals surface area contributed by atoms with Crippen LogP contribution in [0.3, 0.4) is 0 Å². The molecule has 0 aromatic heterocycles. The van der Waals surface area contributed by atoms with Crippen LogP contribution in [0.1, 0.15) is 22.8 Å². The van der Waals surface area contributed by atoms with E-state index in [1.54, 1.807) is 30.3 Å². The van der Waals surface area contributed by atoms with Crippen molar-refractivity contribution in [1.29, 1.82) is 0 Å². The first-order valence-corrected chi connectivity index (χ1v) is 9.60. The molecule has 0 fully saturated rings. The number of benzene rings is 2. The minimum atomic E-state index is -1.34. The Kier molecular flexibility index (Phi) is 7.03. The number of nitrogens with one attached hydrogen (secondary N) is 1. The summed E-state index contributed by atoms with van der Waals surface area (Å²) in [6.45, 7) is 1.80. The van der Waals surface area contributed by atoms with Crippen LogP contribution in [0.15, 0.2) is 53.4 Å². The molecule has 0 radical (unpaired) electrons. The lowest BCUT2D eigenvalue weighted by molar-refractivity contribution is -0.129. The van der Waals surface area contributed by atoms with E-state index in [2.05, 4.69) is 5.32 Å². The van der Waals surface area contributed by atoms with E-state index in [-0.39, 0.29) is 11.4 Å². The maximum Gasteiger partial charge on any atom is 0.340 e. The van der Waals surface area contributed by atoms with E-state index in [0.717, 1.165) is 5.56 Å². The van der Waals surface area contributed by atoms with E-state index >= 15 is 0 Å². The third-order valence-electron chi connectivity index (χ3n) is 3.70. The van der Waals surface area contributed by atoms with Crippen molar-refractivity contribution in [3.05, 3.63) is 65.5 Å². The number of ether oxygens (including phenoxy) is 1. The minimum absolute atomic E-state index is 0.180. The molecule has 2 atom stereocenters. The fourth-order valence-electron chi connectivity index (χ4n) is 2.29. The van der Waals surface area contributed by atoms with Gasteiger partial charge >= 0.3 is 5.97 Å². The molecule has 2 aromatic rings. The van der Waals surface area contributed by atoms with Crippen molar-refractivity contribution in [2.45, 2.75) is 24.3 Å². The summed E-state index contributed by atoms with van der Waals surface area (Å²) in [6.07, 6.45) is 1.01. The van der Waals surface area contributed by atoms with Gasteiger partial charge in [0.25, 0.3) is 5.91 Å². The van der Waals surface area contributed by atoms with Crippen molar-refractivity contribution < 1.29 is 22.9 Å². The second kappa shape index (κ2) is 9.24. The zero-order valence-corrected chi connectivity index (χ0v) is 15.3. The molecule has 1 amide bonds. The Hall–Kier alpha value is -2.54. The van der Waals surface area contributed by atoms with E-state index < -0.39 is 28.8 Å². The van der Waals surface area contributed by atoms with Crippen molar-refractivity contribution >= 4 is 22.7 Å². The molecule has 0 aliphatic carbocycles. The quantitative estimate of drug-likeness (QED) is 0.753. The highest BCUT2D eigenvalue weighted by Gasteiger charge is 2.21. The fourth-order valence-corrected chi connectivity index (χ4v) is 3.02. The van der Waals surface area contributed by atoms with Gasteiger partial charge in [-0.15, -0.1) is 0 Å². The summed E-state index contributed by atoms with van der Waals surface area (Å²) in [5.74, 6) is -1.45. The molecule has 2 rings (SSSR count). The number of hydrogen-bond acceptors (Lipinski definition) is 4. The van der Waals surface area contributed by atoms with Crippen LogP contribution in [-0.4, -0.2) is 35.0 Å². The minimum Gasteiger partial charge on any atom is -0.449 e. The first kappa shape index (κ1) is 19.8. The Bertz CT molecular complexity index is 807. The maximum atomic E-state index is 12.8. The average molecular weight is 377 g/mol. The predicted octanol–water partition coefficient (Wildman–Crippen LogP) is 2.47. The molecular formula is C19H20FNO4S. The summed E-state index contributed by atoms with van der Waals surface area (Å²) >= 11 is 0. The van der Waals surface area contributed by atoms with E-state index in [4.69, 9.17) is 4.74 Å². The van der Waals surface area contributed by atoms with Crippen LogP contribution in [0.4, 0.5) is 4.39 Å². The van der Waals surface area contributed by atoms with E-state index in [1.165, 1.54) is 31.4 Å². The number of carbonyl (C=O) groups is 2. The van der Waals surface area contributed by atoms with E-state index in [9.17, 15) is 18.2 Å². The Morgan fingerprint density at radius 1 is 1.15 bits per heavy atom. The maximum absolute atomic E-state index is 12.8. The Morgan fingerprint density at radius 2 is 1.81 bits per heavy atom. The normalized spacial score (nSPS) is 12.9. The molecule has 0 heterocycles. The molecule has 2 aromatic carbocycles. The lowest BCUT2D eigenvalue weighted by atomic mass is 10.1. The van der Waals surface area contributed by atoms with Gasteiger partial charge in [-0.1, -0.05) is 24.3 Å². The number of hydrogen-bond donors (Lipinski definition) is 1. The standard InChI is InChI=1S/C19H20FNO4S/c1-13(18(22)21-12-11-14-7-9-15(20)10-8-14)25-19(23)16-5-3-4-6-17(16)26(2)24/h3-10,13H,11-12H2,1-2H3,(H,21,22)/t13-,26+/m1/s1. The Balaban J connectivity index is 1.87. The topological polar surface area (TPSA) is 72.5 Å². The summed E-state index contributed by atoms with van der Waals surface area (Å²) in [6, 6.07) is 12.4. The van der Waals surface area contributed by atoms with Crippen LogP contribution in [0, 0.1) is 5.82 Å². The molecule has 7 heteroatoms. The van der Waals surface area contributed by atoms with Crippen LogP contribution < -0.4 is 5.32 Å². The molecule has 1 N–H and O–H groups in total. The van der Waals surface area contributed by atoms with Crippen molar-refractivity contribution in [1.82, 2.24) is 5.32 Å². The Labute approximate surface area is 154 Å². The molecule has 0 saturated carbocycles. The number of rotatable bonds is 7. The number of carbonyl (C=O) groups excluding carboxylic acids is 2. The van der Waals surface area contributed by atoms with Crippen LogP contribution in [0.25, 0.3) is 0 Å². The summed E-state index contributed by atoms with van der Waals surface area (Å²) < 4.78 is 29.7. The molecule has 0 spiro atoms. The zero-order valence-electron chi connectivity index (χ0n) is 14.5. The van der Waals surface area contributed by atoms with E-state index in [1.807, 2.05) is 0 Å². The highest BCUT2D eigenvalue weighted by Crippen LogP contribution is 2.14. The van der Waals surface area contributed by atoms with Gasteiger partial charge < -0.3 is 10.1 Å². The summed E-state index contributed by atoms with van der Waals surface area (Å²) in [5.41, 5.74) is 1.06. The lowest BCUT2D eigenvalue weighted by Crippen LogP contribution is -2.37. The molecule has 0 unspecified atom stereocenters. The third-order valence-corrected chi connectivity index (χ3v) is 4.67. The number of halogens is 1. The lowest BCUT2D eigenvalue weighted by Gasteiger charge is -2.14. The molecule has 138 valence electrons. The molecule has 0 saturated heterocycles. The van der Waals surface area contributed by atoms with Crippen molar-refractivity contribution in [3.8, 4) is 0 Å². The Morgan fingerprint density at radius 3 is 2.46 bits per heavy atom. The average Bonchev–Trinajstić information content (AvgIpc) is 2.63. The van der Waals surface area contributed by atoms with Gasteiger partial charge in [0, 0.05) is 12.8 Å². The van der Waals surface area contributed by atoms with Gasteiger partial charge in [-0.2, -0.15) is 0 Å². The van der Waals surface area contributed by atoms with Gasteiger partial charge in [-0.05, 0) is 43.2 Å². The first-order valence-electron chi connectivity index (χ1n) is 8.04. The van der Waals surface area contributed by atoms with Crippen LogP contribution in [0.5, 0.6) is 0 Å². The van der Waals surface area contributed by atoms with Gasteiger partial charge in [0.15, 0.2) is 6.10 Å².